The van der Waals surface area contributed by atoms with E-state index in [1.807, 2.05) is 0 Å². The van der Waals surface area contributed by atoms with E-state index in [2.05, 4.69) is 10.3 Å². The number of hydrogen-bond donors (Lipinski definition) is 0. The number of ether oxygens (including phenoxy) is 1. The monoisotopic (exact) mass is 276 g/mol. The Morgan fingerprint density at radius 1 is 1.40 bits per heavy atom. The van der Waals surface area contributed by atoms with E-state index in [1.165, 1.54) is 23.9 Å². The number of methoxy groups -OCH3 is 1. The Kier molecular flexibility index (Phi) is 4.16. The lowest BCUT2D eigenvalue weighted by atomic mass is 10.2. The van der Waals surface area contributed by atoms with Crippen LogP contribution in [0.3, 0.4) is 0 Å². The fraction of sp³-hybridized carbons (Fsp3) is 0.250. The molecule has 2 rings (SSSR count). The van der Waals surface area contributed by atoms with Crippen LogP contribution in [-0.4, -0.2) is 33.3 Å². The maximum Gasteiger partial charge on any atom is 0.269 e. The minimum absolute atomic E-state index is 0.0260. The molecule has 0 amide bonds. The van der Waals surface area contributed by atoms with Crippen LogP contribution in [0.4, 0.5) is 5.69 Å². The minimum atomic E-state index is -0.458. The van der Waals surface area contributed by atoms with Gasteiger partial charge in [0.15, 0.2) is 12.0 Å². The molecular formula is C12H12N4O4. The molecule has 0 radical (unpaired) electrons. The zero-order valence-corrected chi connectivity index (χ0v) is 10.7. The first-order valence-electron chi connectivity index (χ1n) is 5.75. The molecule has 0 atom stereocenters. The summed E-state index contributed by atoms with van der Waals surface area (Å²) in [6.07, 6.45) is 0.619. The summed E-state index contributed by atoms with van der Waals surface area (Å²) >= 11 is 0. The van der Waals surface area contributed by atoms with Gasteiger partial charge in [-0.25, -0.2) is 4.68 Å². The molecule has 2 aromatic rings. The van der Waals surface area contributed by atoms with Crippen LogP contribution >= 0.6 is 0 Å². The van der Waals surface area contributed by atoms with Crippen molar-refractivity contribution in [2.75, 3.05) is 7.11 Å². The average molecular weight is 276 g/mol. The van der Waals surface area contributed by atoms with Crippen LogP contribution in [0.2, 0.25) is 0 Å². The Morgan fingerprint density at radius 2 is 2.10 bits per heavy atom. The number of carbonyl (C=O) groups is 1. The minimum Gasteiger partial charge on any atom is -0.378 e. The Labute approximate surface area is 114 Å². The molecule has 0 fully saturated rings. The van der Waals surface area contributed by atoms with Crippen LogP contribution in [-0.2, 0) is 17.9 Å². The van der Waals surface area contributed by atoms with Gasteiger partial charge in [-0.05, 0) is 5.56 Å². The van der Waals surface area contributed by atoms with Gasteiger partial charge in [0, 0.05) is 19.2 Å². The molecule has 1 aromatic heterocycles. The van der Waals surface area contributed by atoms with Crippen molar-refractivity contribution < 1.29 is 14.5 Å². The predicted molar refractivity (Wildman–Crippen MR) is 68.3 cm³/mol. The van der Waals surface area contributed by atoms with E-state index in [4.69, 9.17) is 4.74 Å². The summed E-state index contributed by atoms with van der Waals surface area (Å²) in [7, 11) is 1.51. The van der Waals surface area contributed by atoms with E-state index in [0.29, 0.717) is 18.5 Å². The Morgan fingerprint density at radius 3 is 2.65 bits per heavy atom. The molecule has 1 aromatic carbocycles. The van der Waals surface area contributed by atoms with E-state index >= 15 is 0 Å². The number of aldehydes is 1. The topological polar surface area (TPSA) is 100 Å². The molecule has 104 valence electrons. The van der Waals surface area contributed by atoms with E-state index in [1.54, 1.807) is 12.1 Å². The number of nitro groups is 1. The van der Waals surface area contributed by atoms with Gasteiger partial charge in [-0.1, -0.05) is 17.3 Å². The molecule has 0 N–H and O–H groups in total. The Balaban J connectivity index is 2.23. The molecule has 0 aliphatic heterocycles. The molecule has 1 heterocycles. The number of carbonyl (C=O) groups excluding carboxylic acids is 1. The van der Waals surface area contributed by atoms with Crippen LogP contribution in [0, 0.1) is 10.1 Å². The van der Waals surface area contributed by atoms with Crippen LogP contribution in [0.15, 0.2) is 24.3 Å². The van der Waals surface area contributed by atoms with Crippen molar-refractivity contribution in [1.29, 1.82) is 0 Å². The third kappa shape index (κ3) is 2.86. The smallest absolute Gasteiger partial charge is 0.269 e. The van der Waals surface area contributed by atoms with Gasteiger partial charge < -0.3 is 4.74 Å². The average Bonchev–Trinajstić information content (AvgIpc) is 2.82. The maximum absolute atomic E-state index is 10.8. The van der Waals surface area contributed by atoms with Gasteiger partial charge in [-0.3, -0.25) is 14.9 Å². The maximum atomic E-state index is 10.8. The fourth-order valence-electron chi connectivity index (χ4n) is 1.75. The van der Waals surface area contributed by atoms with Gasteiger partial charge in [0.1, 0.15) is 0 Å². The fourth-order valence-corrected chi connectivity index (χ4v) is 1.75. The second-order valence-corrected chi connectivity index (χ2v) is 4.05. The Hall–Kier alpha value is -2.61. The number of benzene rings is 1. The predicted octanol–water partition coefficient (Wildman–Crippen LogP) is 1.19. The summed E-state index contributed by atoms with van der Waals surface area (Å²) in [5, 5.41) is 18.2. The second kappa shape index (κ2) is 6.02. The molecule has 0 aliphatic rings. The Bertz CT molecular complexity index is 621. The highest BCUT2D eigenvalue weighted by atomic mass is 16.6. The van der Waals surface area contributed by atoms with Crippen LogP contribution in [0.5, 0.6) is 0 Å². The molecular weight excluding hydrogens is 264 g/mol. The first kappa shape index (κ1) is 13.8. The summed E-state index contributed by atoms with van der Waals surface area (Å²) in [4.78, 5) is 21.0. The molecule has 0 unspecified atom stereocenters. The highest BCUT2D eigenvalue weighted by molar-refractivity contribution is 5.73. The molecule has 20 heavy (non-hydrogen) atoms. The lowest BCUT2D eigenvalue weighted by molar-refractivity contribution is -0.384. The van der Waals surface area contributed by atoms with Crippen molar-refractivity contribution in [2.24, 2.45) is 0 Å². The standard InChI is InChI=1S/C12H12N4O4/c1-20-8-12-11(7-17)13-14-15(12)6-9-2-4-10(5-3-9)16(18)19/h2-5,7H,6,8H2,1H3. The largest absolute Gasteiger partial charge is 0.378 e. The number of nitro benzene ring substituents is 1. The van der Waals surface area contributed by atoms with Crippen LogP contribution < -0.4 is 0 Å². The highest BCUT2D eigenvalue weighted by Crippen LogP contribution is 2.14. The van der Waals surface area contributed by atoms with Gasteiger partial charge in [0.2, 0.25) is 0 Å². The summed E-state index contributed by atoms with van der Waals surface area (Å²) in [6, 6.07) is 6.11. The quantitative estimate of drug-likeness (QED) is 0.446. The van der Waals surface area contributed by atoms with Crippen molar-refractivity contribution in [3.63, 3.8) is 0 Å². The molecule has 8 nitrogen and oxygen atoms in total. The summed E-state index contributed by atoms with van der Waals surface area (Å²) in [5.74, 6) is 0. The number of rotatable bonds is 6. The van der Waals surface area contributed by atoms with Gasteiger partial charge in [0.25, 0.3) is 5.69 Å². The van der Waals surface area contributed by atoms with Crippen molar-refractivity contribution in [1.82, 2.24) is 15.0 Å². The van der Waals surface area contributed by atoms with Gasteiger partial charge >= 0.3 is 0 Å². The number of hydrogen-bond acceptors (Lipinski definition) is 6. The third-order valence-corrected chi connectivity index (χ3v) is 2.74. The van der Waals surface area contributed by atoms with E-state index in [0.717, 1.165) is 5.56 Å². The first-order valence-corrected chi connectivity index (χ1v) is 5.75. The lowest BCUT2D eigenvalue weighted by Gasteiger charge is -2.06. The summed E-state index contributed by atoms with van der Waals surface area (Å²) < 4.78 is 6.54. The van der Waals surface area contributed by atoms with Crippen LogP contribution in [0.1, 0.15) is 21.7 Å². The summed E-state index contributed by atoms with van der Waals surface area (Å²) in [6.45, 7) is 0.575. The molecule has 0 aliphatic carbocycles. The van der Waals surface area contributed by atoms with Crippen molar-refractivity contribution in [3.05, 3.63) is 51.3 Å². The van der Waals surface area contributed by atoms with Crippen LogP contribution in [0.25, 0.3) is 0 Å². The number of nitrogens with zero attached hydrogens (tertiary/aromatic N) is 4. The van der Waals surface area contributed by atoms with E-state index < -0.39 is 4.92 Å². The van der Waals surface area contributed by atoms with Gasteiger partial charge in [-0.2, -0.15) is 0 Å². The molecule has 0 bridgehead atoms. The molecule has 8 heteroatoms. The normalized spacial score (nSPS) is 10.4. The van der Waals surface area contributed by atoms with E-state index in [-0.39, 0.29) is 18.0 Å². The molecule has 0 spiro atoms. The molecule has 0 saturated heterocycles. The lowest BCUT2D eigenvalue weighted by Crippen LogP contribution is -2.08. The highest BCUT2D eigenvalue weighted by Gasteiger charge is 2.12. The molecule has 0 saturated carbocycles. The van der Waals surface area contributed by atoms with Crippen molar-refractivity contribution in [2.45, 2.75) is 13.2 Å². The summed E-state index contributed by atoms with van der Waals surface area (Å²) in [5.41, 5.74) is 1.64. The second-order valence-electron chi connectivity index (χ2n) is 4.05. The van der Waals surface area contributed by atoms with Crippen molar-refractivity contribution >= 4 is 12.0 Å². The zero-order chi connectivity index (χ0) is 14.5. The first-order chi connectivity index (χ1) is 9.65. The van der Waals surface area contributed by atoms with E-state index in [9.17, 15) is 14.9 Å². The van der Waals surface area contributed by atoms with Gasteiger partial charge in [0.05, 0.1) is 23.8 Å². The number of aromatic nitrogens is 3. The number of non-ortho nitro benzene ring substituents is 1. The van der Waals surface area contributed by atoms with Gasteiger partial charge in [-0.15, -0.1) is 5.10 Å². The zero-order valence-electron chi connectivity index (χ0n) is 10.7. The third-order valence-electron chi connectivity index (χ3n) is 2.74. The SMILES string of the molecule is COCc1c(C=O)nnn1Cc1ccc([N+](=O)[O-])cc1. The van der Waals surface area contributed by atoms with Crippen molar-refractivity contribution in [3.8, 4) is 0 Å².